The van der Waals surface area contributed by atoms with Crippen molar-refractivity contribution in [3.8, 4) is 0 Å². The number of carbonyl (C=O) groups excluding carboxylic acids is 1. The van der Waals surface area contributed by atoms with Crippen LogP contribution < -0.4 is 0 Å². The minimum Gasteiger partial charge on any atom is -0.384 e. The van der Waals surface area contributed by atoms with Gasteiger partial charge < -0.3 is 9.64 Å². The van der Waals surface area contributed by atoms with Crippen molar-refractivity contribution in [2.75, 3.05) is 32.7 Å². The van der Waals surface area contributed by atoms with Crippen molar-refractivity contribution in [3.05, 3.63) is 0 Å². The Labute approximate surface area is 84.0 Å². The van der Waals surface area contributed by atoms with Gasteiger partial charge in [0, 0.05) is 26.1 Å². The van der Waals surface area contributed by atoms with Crippen LogP contribution in [-0.2, 0) is 9.53 Å². The molecule has 1 fully saturated rings. The van der Waals surface area contributed by atoms with Gasteiger partial charge in [0.2, 0.25) is 5.91 Å². The zero-order valence-corrected chi connectivity index (χ0v) is 8.88. The maximum absolute atomic E-state index is 11.3. The SMILES string of the molecule is COC[C@@H]1CN(C(=O)CCl)C[C@@H]1C. The van der Waals surface area contributed by atoms with E-state index in [0.717, 1.165) is 19.7 Å². The summed E-state index contributed by atoms with van der Waals surface area (Å²) in [5.41, 5.74) is 0. The highest BCUT2D eigenvalue weighted by Gasteiger charge is 2.31. The van der Waals surface area contributed by atoms with E-state index in [0.29, 0.717) is 11.8 Å². The molecule has 0 bridgehead atoms. The highest BCUT2D eigenvalue weighted by molar-refractivity contribution is 6.27. The van der Waals surface area contributed by atoms with Crippen LogP contribution in [0.5, 0.6) is 0 Å². The lowest BCUT2D eigenvalue weighted by atomic mass is 10.00. The number of halogens is 1. The summed E-state index contributed by atoms with van der Waals surface area (Å²) in [5.74, 6) is 1.11. The van der Waals surface area contributed by atoms with Gasteiger partial charge in [-0.25, -0.2) is 0 Å². The number of methoxy groups -OCH3 is 1. The zero-order chi connectivity index (χ0) is 9.84. The number of ether oxygens (including phenoxy) is 1. The van der Waals surface area contributed by atoms with Crippen molar-refractivity contribution >= 4 is 17.5 Å². The second-order valence-electron chi connectivity index (χ2n) is 3.63. The Morgan fingerprint density at radius 3 is 2.85 bits per heavy atom. The molecule has 1 saturated heterocycles. The average Bonchev–Trinajstić information content (AvgIpc) is 2.47. The summed E-state index contributed by atoms with van der Waals surface area (Å²) in [4.78, 5) is 13.1. The molecule has 4 heteroatoms. The number of carbonyl (C=O) groups is 1. The zero-order valence-electron chi connectivity index (χ0n) is 8.12. The summed E-state index contributed by atoms with van der Waals surface area (Å²) < 4.78 is 5.09. The van der Waals surface area contributed by atoms with Gasteiger partial charge >= 0.3 is 0 Å². The minimum absolute atomic E-state index is 0.0344. The fraction of sp³-hybridized carbons (Fsp3) is 0.889. The summed E-state index contributed by atoms with van der Waals surface area (Å²) in [6.07, 6.45) is 0. The number of rotatable bonds is 3. The van der Waals surface area contributed by atoms with Gasteiger partial charge in [0.05, 0.1) is 6.61 Å². The molecule has 0 saturated carbocycles. The van der Waals surface area contributed by atoms with Crippen molar-refractivity contribution in [3.63, 3.8) is 0 Å². The molecule has 0 N–H and O–H groups in total. The Morgan fingerprint density at radius 1 is 1.62 bits per heavy atom. The largest absolute Gasteiger partial charge is 0.384 e. The van der Waals surface area contributed by atoms with Crippen molar-refractivity contribution in [2.24, 2.45) is 11.8 Å². The van der Waals surface area contributed by atoms with E-state index in [4.69, 9.17) is 16.3 Å². The second kappa shape index (κ2) is 4.82. The molecule has 0 aromatic rings. The van der Waals surface area contributed by atoms with E-state index in [9.17, 15) is 4.79 Å². The second-order valence-corrected chi connectivity index (χ2v) is 3.89. The Hall–Kier alpha value is -0.280. The Kier molecular flexibility index (Phi) is 4.00. The van der Waals surface area contributed by atoms with Gasteiger partial charge in [-0.1, -0.05) is 6.92 Å². The molecule has 0 radical (unpaired) electrons. The molecule has 1 heterocycles. The van der Waals surface area contributed by atoms with Gasteiger partial charge in [0.15, 0.2) is 0 Å². The van der Waals surface area contributed by atoms with E-state index in [-0.39, 0.29) is 11.8 Å². The molecule has 0 aliphatic carbocycles. The van der Waals surface area contributed by atoms with Crippen LogP contribution >= 0.6 is 11.6 Å². The van der Waals surface area contributed by atoms with Crippen molar-refractivity contribution in [1.82, 2.24) is 4.90 Å². The predicted molar refractivity (Wildman–Crippen MR) is 51.8 cm³/mol. The molecule has 13 heavy (non-hydrogen) atoms. The fourth-order valence-corrected chi connectivity index (χ4v) is 1.92. The summed E-state index contributed by atoms with van der Waals surface area (Å²) in [5, 5.41) is 0. The molecule has 76 valence electrons. The van der Waals surface area contributed by atoms with Gasteiger partial charge in [-0.3, -0.25) is 4.79 Å². The minimum atomic E-state index is 0.0344. The molecule has 1 aliphatic heterocycles. The lowest BCUT2D eigenvalue weighted by Crippen LogP contribution is -2.30. The van der Waals surface area contributed by atoms with Crippen LogP contribution in [0.1, 0.15) is 6.92 Å². The lowest BCUT2D eigenvalue weighted by molar-refractivity contribution is -0.127. The van der Waals surface area contributed by atoms with Gasteiger partial charge in [-0.2, -0.15) is 0 Å². The summed E-state index contributed by atoms with van der Waals surface area (Å²) in [6, 6.07) is 0. The van der Waals surface area contributed by atoms with Gasteiger partial charge in [-0.05, 0) is 5.92 Å². The number of amides is 1. The number of nitrogens with zero attached hydrogens (tertiary/aromatic N) is 1. The van der Waals surface area contributed by atoms with Crippen molar-refractivity contribution in [2.45, 2.75) is 6.92 Å². The van der Waals surface area contributed by atoms with Crippen LogP contribution in [-0.4, -0.2) is 43.5 Å². The van der Waals surface area contributed by atoms with E-state index in [1.165, 1.54) is 0 Å². The smallest absolute Gasteiger partial charge is 0.237 e. The van der Waals surface area contributed by atoms with E-state index >= 15 is 0 Å². The molecule has 3 nitrogen and oxygen atoms in total. The molecule has 0 spiro atoms. The first kappa shape index (κ1) is 10.8. The molecular weight excluding hydrogens is 190 g/mol. The van der Waals surface area contributed by atoms with E-state index in [1.54, 1.807) is 7.11 Å². The first-order valence-electron chi connectivity index (χ1n) is 4.51. The molecule has 0 aromatic heterocycles. The topological polar surface area (TPSA) is 29.5 Å². The first-order chi connectivity index (χ1) is 6.19. The van der Waals surface area contributed by atoms with Crippen molar-refractivity contribution < 1.29 is 9.53 Å². The van der Waals surface area contributed by atoms with Crippen LogP contribution in [0.25, 0.3) is 0 Å². The van der Waals surface area contributed by atoms with Gasteiger partial charge in [0.1, 0.15) is 5.88 Å². The Morgan fingerprint density at radius 2 is 2.31 bits per heavy atom. The van der Waals surface area contributed by atoms with Crippen LogP contribution in [0.15, 0.2) is 0 Å². The van der Waals surface area contributed by atoms with Crippen LogP contribution in [0, 0.1) is 11.8 Å². The fourth-order valence-electron chi connectivity index (χ4n) is 1.75. The predicted octanol–water partition coefficient (Wildman–Crippen LogP) is 0.966. The maximum atomic E-state index is 11.3. The molecule has 0 unspecified atom stereocenters. The number of alkyl halides is 1. The van der Waals surface area contributed by atoms with E-state index in [2.05, 4.69) is 6.92 Å². The normalized spacial score (nSPS) is 28.1. The summed E-state index contributed by atoms with van der Waals surface area (Å²) in [6.45, 7) is 4.48. The lowest BCUT2D eigenvalue weighted by Gasteiger charge is -2.14. The average molecular weight is 206 g/mol. The van der Waals surface area contributed by atoms with Crippen molar-refractivity contribution in [1.29, 1.82) is 0 Å². The van der Waals surface area contributed by atoms with Crippen LogP contribution in [0.3, 0.4) is 0 Å². The van der Waals surface area contributed by atoms with E-state index < -0.39 is 0 Å². The Balaban J connectivity index is 2.44. The molecule has 1 rings (SSSR count). The molecule has 1 aliphatic rings. The number of likely N-dealkylation sites (tertiary alicyclic amines) is 1. The standard InChI is InChI=1S/C9H16ClNO2/c1-7-4-11(9(12)3-10)5-8(7)6-13-2/h7-8H,3-6H2,1-2H3/t7-,8-/m0/s1. The van der Waals surface area contributed by atoms with Gasteiger partial charge in [-0.15, -0.1) is 11.6 Å². The number of hydrogen-bond acceptors (Lipinski definition) is 2. The maximum Gasteiger partial charge on any atom is 0.237 e. The van der Waals surface area contributed by atoms with Crippen LogP contribution in [0.2, 0.25) is 0 Å². The number of hydrogen-bond donors (Lipinski definition) is 0. The molecule has 2 atom stereocenters. The third kappa shape index (κ3) is 2.58. The highest BCUT2D eigenvalue weighted by atomic mass is 35.5. The first-order valence-corrected chi connectivity index (χ1v) is 5.05. The molecule has 0 aromatic carbocycles. The summed E-state index contributed by atoms with van der Waals surface area (Å²) >= 11 is 5.48. The third-order valence-electron chi connectivity index (χ3n) is 2.62. The van der Waals surface area contributed by atoms with E-state index in [1.807, 2.05) is 4.90 Å². The molecular formula is C9H16ClNO2. The highest BCUT2D eigenvalue weighted by Crippen LogP contribution is 2.23. The van der Waals surface area contributed by atoms with Crippen LogP contribution in [0.4, 0.5) is 0 Å². The Bertz CT molecular complexity index is 186. The van der Waals surface area contributed by atoms with Gasteiger partial charge in [0.25, 0.3) is 0 Å². The summed E-state index contributed by atoms with van der Waals surface area (Å²) in [7, 11) is 1.69. The third-order valence-corrected chi connectivity index (χ3v) is 2.84. The monoisotopic (exact) mass is 205 g/mol. The molecule has 1 amide bonds. The quantitative estimate of drug-likeness (QED) is 0.643.